The van der Waals surface area contributed by atoms with Crippen molar-refractivity contribution in [2.75, 3.05) is 7.11 Å². The Labute approximate surface area is 96.0 Å². The lowest BCUT2D eigenvalue weighted by atomic mass is 10.2. The van der Waals surface area contributed by atoms with Gasteiger partial charge in [-0.2, -0.15) is 0 Å². The minimum Gasteiger partial charge on any atom is -0.468 e. The first-order valence-corrected chi connectivity index (χ1v) is 4.79. The molecule has 0 aliphatic heterocycles. The molecule has 0 spiro atoms. The van der Waals surface area contributed by atoms with Crippen molar-refractivity contribution in [2.24, 2.45) is 0 Å². The van der Waals surface area contributed by atoms with Crippen molar-refractivity contribution in [1.29, 1.82) is 0 Å². The highest BCUT2D eigenvalue weighted by atomic mass is 19.1. The molecule has 0 unspecified atom stereocenters. The normalized spacial score (nSPS) is 10.2. The van der Waals surface area contributed by atoms with Crippen LogP contribution in [0, 0.1) is 5.82 Å². The minimum absolute atomic E-state index is 0.116. The number of tetrazole rings is 1. The zero-order valence-electron chi connectivity index (χ0n) is 9.00. The van der Waals surface area contributed by atoms with Crippen LogP contribution in [0.15, 0.2) is 24.3 Å². The van der Waals surface area contributed by atoms with Gasteiger partial charge in [-0.05, 0) is 22.6 Å². The molecule has 0 radical (unpaired) electrons. The number of esters is 1. The van der Waals surface area contributed by atoms with Crippen LogP contribution in [0.4, 0.5) is 4.39 Å². The fourth-order valence-corrected chi connectivity index (χ4v) is 1.33. The zero-order valence-corrected chi connectivity index (χ0v) is 9.00. The van der Waals surface area contributed by atoms with Crippen molar-refractivity contribution in [2.45, 2.75) is 6.54 Å². The van der Waals surface area contributed by atoms with Crippen LogP contribution in [-0.2, 0) is 16.1 Å². The highest BCUT2D eigenvalue weighted by Crippen LogP contribution is 2.16. The Balaban J connectivity index is 2.33. The van der Waals surface area contributed by atoms with Crippen molar-refractivity contribution in [3.63, 3.8) is 0 Å². The van der Waals surface area contributed by atoms with Gasteiger partial charge in [0.15, 0.2) is 5.82 Å². The quantitative estimate of drug-likeness (QED) is 0.732. The van der Waals surface area contributed by atoms with E-state index < -0.39 is 11.8 Å². The maximum atomic E-state index is 13.0. The molecule has 1 heterocycles. The monoisotopic (exact) mass is 236 g/mol. The molecule has 0 aliphatic rings. The second kappa shape index (κ2) is 4.69. The third-order valence-corrected chi connectivity index (χ3v) is 2.12. The fraction of sp³-hybridized carbons (Fsp3) is 0.200. The summed E-state index contributed by atoms with van der Waals surface area (Å²) >= 11 is 0. The summed E-state index contributed by atoms with van der Waals surface area (Å²) in [6, 6.07) is 5.81. The molecule has 0 atom stereocenters. The third kappa shape index (κ3) is 2.44. The summed E-state index contributed by atoms with van der Waals surface area (Å²) in [4.78, 5) is 11.1. The number of carbonyl (C=O) groups is 1. The van der Waals surface area contributed by atoms with Gasteiger partial charge in [0.05, 0.1) is 7.11 Å². The van der Waals surface area contributed by atoms with Gasteiger partial charge in [0, 0.05) is 5.56 Å². The SMILES string of the molecule is COC(=O)Cn1nnnc1-c1cccc(F)c1. The van der Waals surface area contributed by atoms with Crippen LogP contribution in [-0.4, -0.2) is 33.3 Å². The van der Waals surface area contributed by atoms with Gasteiger partial charge in [0.2, 0.25) is 0 Å². The number of carbonyl (C=O) groups excluding carboxylic acids is 1. The lowest BCUT2D eigenvalue weighted by molar-refractivity contribution is -0.141. The van der Waals surface area contributed by atoms with Crippen LogP contribution in [0.5, 0.6) is 0 Å². The fourth-order valence-electron chi connectivity index (χ4n) is 1.33. The summed E-state index contributed by atoms with van der Waals surface area (Å²) in [7, 11) is 1.27. The highest BCUT2D eigenvalue weighted by molar-refractivity contribution is 5.69. The van der Waals surface area contributed by atoms with E-state index in [1.807, 2.05) is 0 Å². The molecular weight excluding hydrogens is 227 g/mol. The van der Waals surface area contributed by atoms with Gasteiger partial charge in [-0.3, -0.25) is 4.79 Å². The molecule has 0 saturated carbocycles. The molecule has 0 fully saturated rings. The number of halogens is 1. The molecule has 1 aromatic carbocycles. The third-order valence-electron chi connectivity index (χ3n) is 2.12. The first kappa shape index (κ1) is 11.2. The van der Waals surface area contributed by atoms with E-state index in [9.17, 15) is 9.18 Å². The molecule has 2 rings (SSSR count). The summed E-state index contributed by atoms with van der Waals surface area (Å²) in [5.41, 5.74) is 0.499. The highest BCUT2D eigenvalue weighted by Gasteiger charge is 2.12. The number of rotatable bonds is 3. The Bertz CT molecular complexity index is 541. The van der Waals surface area contributed by atoms with Crippen LogP contribution in [0.25, 0.3) is 11.4 Å². The molecule has 7 heteroatoms. The van der Waals surface area contributed by atoms with Crippen LogP contribution >= 0.6 is 0 Å². The molecular formula is C10H9FN4O2. The maximum absolute atomic E-state index is 13.0. The van der Waals surface area contributed by atoms with Gasteiger partial charge in [0.1, 0.15) is 12.4 Å². The first-order chi connectivity index (χ1) is 8.20. The average molecular weight is 236 g/mol. The number of hydrogen-bond donors (Lipinski definition) is 0. The summed E-state index contributed by atoms with van der Waals surface area (Å²) in [5, 5.41) is 10.8. The van der Waals surface area contributed by atoms with E-state index in [4.69, 9.17) is 0 Å². The molecule has 0 amide bonds. The standard InChI is InChI=1S/C10H9FN4O2/c1-17-9(16)6-15-10(12-13-14-15)7-3-2-4-8(11)5-7/h2-5H,6H2,1H3. The molecule has 0 bridgehead atoms. The average Bonchev–Trinajstić information content (AvgIpc) is 2.77. The second-order valence-electron chi connectivity index (χ2n) is 3.25. The van der Waals surface area contributed by atoms with E-state index >= 15 is 0 Å². The maximum Gasteiger partial charge on any atom is 0.327 e. The Hall–Kier alpha value is -2.31. The van der Waals surface area contributed by atoms with Gasteiger partial charge < -0.3 is 4.74 Å². The number of methoxy groups -OCH3 is 1. The molecule has 6 nitrogen and oxygen atoms in total. The first-order valence-electron chi connectivity index (χ1n) is 4.79. The molecule has 2 aromatic rings. The van der Waals surface area contributed by atoms with E-state index in [0.29, 0.717) is 11.4 Å². The van der Waals surface area contributed by atoms with Crippen molar-refractivity contribution in [3.8, 4) is 11.4 Å². The minimum atomic E-state index is -0.477. The Kier molecular flexibility index (Phi) is 3.08. The lowest BCUT2D eigenvalue weighted by Crippen LogP contribution is -2.14. The van der Waals surface area contributed by atoms with Crippen LogP contribution in [0.3, 0.4) is 0 Å². The van der Waals surface area contributed by atoms with Gasteiger partial charge in [-0.25, -0.2) is 9.07 Å². The summed E-state index contributed by atoms with van der Waals surface area (Å²) in [6.45, 7) is -0.116. The summed E-state index contributed by atoms with van der Waals surface area (Å²) < 4.78 is 18.8. The zero-order chi connectivity index (χ0) is 12.3. The Morgan fingerprint density at radius 2 is 2.35 bits per heavy atom. The number of aromatic nitrogens is 4. The summed E-state index contributed by atoms with van der Waals surface area (Å²) in [5.74, 6) is -0.556. The van der Waals surface area contributed by atoms with Gasteiger partial charge in [-0.1, -0.05) is 12.1 Å². The number of ether oxygens (including phenoxy) is 1. The van der Waals surface area contributed by atoms with E-state index in [2.05, 4.69) is 20.3 Å². The van der Waals surface area contributed by atoms with Gasteiger partial charge in [0.25, 0.3) is 0 Å². The van der Waals surface area contributed by atoms with E-state index in [1.54, 1.807) is 12.1 Å². The molecule has 0 N–H and O–H groups in total. The van der Waals surface area contributed by atoms with Crippen LogP contribution in [0.2, 0.25) is 0 Å². The van der Waals surface area contributed by atoms with E-state index in [1.165, 1.54) is 23.9 Å². The van der Waals surface area contributed by atoms with Gasteiger partial charge >= 0.3 is 5.97 Å². The predicted octanol–water partition coefficient (Wildman–Crippen LogP) is 0.652. The summed E-state index contributed by atoms with van der Waals surface area (Å²) in [6.07, 6.45) is 0. The molecule has 1 aromatic heterocycles. The van der Waals surface area contributed by atoms with Crippen LogP contribution in [0.1, 0.15) is 0 Å². The number of nitrogens with zero attached hydrogens (tertiary/aromatic N) is 4. The molecule has 0 aliphatic carbocycles. The van der Waals surface area contributed by atoms with Crippen molar-refractivity contribution >= 4 is 5.97 Å². The smallest absolute Gasteiger partial charge is 0.327 e. The largest absolute Gasteiger partial charge is 0.468 e. The lowest BCUT2D eigenvalue weighted by Gasteiger charge is -2.03. The molecule has 17 heavy (non-hydrogen) atoms. The molecule has 88 valence electrons. The second-order valence-corrected chi connectivity index (χ2v) is 3.25. The number of benzene rings is 1. The van der Waals surface area contributed by atoms with E-state index in [-0.39, 0.29) is 6.54 Å². The predicted molar refractivity (Wildman–Crippen MR) is 55.2 cm³/mol. The van der Waals surface area contributed by atoms with Crippen LogP contribution < -0.4 is 0 Å². The van der Waals surface area contributed by atoms with Crippen molar-refractivity contribution in [1.82, 2.24) is 20.2 Å². The van der Waals surface area contributed by atoms with Crippen molar-refractivity contribution < 1.29 is 13.9 Å². The Morgan fingerprint density at radius 1 is 1.53 bits per heavy atom. The number of hydrogen-bond acceptors (Lipinski definition) is 5. The topological polar surface area (TPSA) is 69.9 Å². The van der Waals surface area contributed by atoms with Gasteiger partial charge in [-0.15, -0.1) is 5.10 Å². The Morgan fingerprint density at radius 3 is 3.06 bits per heavy atom. The van der Waals surface area contributed by atoms with Crippen molar-refractivity contribution in [3.05, 3.63) is 30.1 Å². The molecule has 0 saturated heterocycles. The van der Waals surface area contributed by atoms with E-state index in [0.717, 1.165) is 0 Å².